The number of nitrogens with one attached hydrogen (secondary N) is 2. The van der Waals surface area contributed by atoms with Gasteiger partial charge in [-0.15, -0.1) is 5.59 Å². The fourth-order valence-electron chi connectivity index (χ4n) is 1.61. The maximum atomic E-state index is 5.41. The molecule has 2 fully saturated rings. The van der Waals surface area contributed by atoms with Gasteiger partial charge in [0.2, 0.25) is 0 Å². The lowest BCUT2D eigenvalue weighted by Gasteiger charge is -2.17. The van der Waals surface area contributed by atoms with Gasteiger partial charge in [-0.2, -0.15) is 0 Å². The van der Waals surface area contributed by atoms with E-state index in [4.69, 9.17) is 9.57 Å². The van der Waals surface area contributed by atoms with Crippen LogP contribution in [0.3, 0.4) is 0 Å². The zero-order chi connectivity index (χ0) is 8.06. The molecule has 11 heavy (non-hydrogen) atoms. The van der Waals surface area contributed by atoms with Crippen molar-refractivity contribution in [2.45, 2.75) is 31.6 Å². The third-order valence-corrected chi connectivity index (χ3v) is 2.42. The summed E-state index contributed by atoms with van der Waals surface area (Å²) in [5, 5.41) is 0. The molecule has 62 valence electrons. The zero-order valence-electron chi connectivity index (χ0n) is 6.68. The number of hydrogen-bond donors (Lipinski definition) is 2. The third kappa shape index (κ3) is 0.743. The first-order chi connectivity index (χ1) is 5.14. The van der Waals surface area contributed by atoms with Crippen LogP contribution in [0.25, 0.3) is 0 Å². The summed E-state index contributed by atoms with van der Waals surface area (Å²) in [6.45, 7) is 7.74. The molecule has 3 atom stereocenters. The molecule has 0 aromatic heterocycles. The van der Waals surface area contributed by atoms with E-state index in [1.165, 1.54) is 0 Å². The summed E-state index contributed by atoms with van der Waals surface area (Å²) in [6.07, 6.45) is 0.113. The van der Waals surface area contributed by atoms with Gasteiger partial charge < -0.3 is 4.74 Å². The van der Waals surface area contributed by atoms with Gasteiger partial charge in [-0.25, -0.2) is 5.43 Å². The van der Waals surface area contributed by atoms with E-state index in [0.29, 0.717) is 5.76 Å². The van der Waals surface area contributed by atoms with Crippen molar-refractivity contribution in [2.24, 2.45) is 0 Å². The standard InChI is InChI=1S/C7H12N2O2/c1-4-6-7(3,5(2)10-4)11-9-8-6/h4,6,8-9H,2H2,1,3H3. The summed E-state index contributed by atoms with van der Waals surface area (Å²) < 4.78 is 5.41. The van der Waals surface area contributed by atoms with Crippen LogP contribution in [0.1, 0.15) is 13.8 Å². The smallest absolute Gasteiger partial charge is 0.165 e. The Balaban J connectivity index is 2.32. The Morgan fingerprint density at radius 2 is 2.36 bits per heavy atom. The first-order valence-corrected chi connectivity index (χ1v) is 3.69. The quantitative estimate of drug-likeness (QED) is 0.521. The Labute approximate surface area is 65.5 Å². The molecule has 2 N–H and O–H groups in total. The number of fused-ring (bicyclic) bond motifs is 1. The first kappa shape index (κ1) is 7.09. The van der Waals surface area contributed by atoms with E-state index < -0.39 is 5.60 Å². The molecule has 3 unspecified atom stereocenters. The van der Waals surface area contributed by atoms with Gasteiger partial charge >= 0.3 is 0 Å². The van der Waals surface area contributed by atoms with Crippen molar-refractivity contribution >= 4 is 0 Å². The zero-order valence-corrected chi connectivity index (χ0v) is 6.68. The minimum Gasteiger partial charge on any atom is -0.491 e. The highest BCUT2D eigenvalue weighted by Crippen LogP contribution is 2.37. The molecule has 0 aromatic rings. The number of rotatable bonds is 0. The Kier molecular flexibility index (Phi) is 1.27. The van der Waals surface area contributed by atoms with E-state index in [0.717, 1.165) is 0 Å². The molecule has 0 spiro atoms. The highest BCUT2D eigenvalue weighted by molar-refractivity contribution is 5.18. The number of hydrazine groups is 1. The van der Waals surface area contributed by atoms with Crippen LogP contribution in [0.15, 0.2) is 12.3 Å². The minimum absolute atomic E-state index is 0.113. The number of ether oxygens (including phenoxy) is 1. The van der Waals surface area contributed by atoms with E-state index in [2.05, 4.69) is 17.6 Å². The molecule has 0 aromatic carbocycles. The van der Waals surface area contributed by atoms with E-state index in [-0.39, 0.29) is 12.1 Å². The van der Waals surface area contributed by atoms with Gasteiger partial charge in [0.05, 0.1) is 6.04 Å². The van der Waals surface area contributed by atoms with Gasteiger partial charge in [-0.1, -0.05) is 6.58 Å². The van der Waals surface area contributed by atoms with Crippen LogP contribution >= 0.6 is 0 Å². The van der Waals surface area contributed by atoms with E-state index in [9.17, 15) is 0 Å². The second-order valence-electron chi connectivity index (χ2n) is 3.18. The third-order valence-electron chi connectivity index (χ3n) is 2.42. The van der Waals surface area contributed by atoms with Gasteiger partial charge in [0, 0.05) is 0 Å². The van der Waals surface area contributed by atoms with Crippen LogP contribution in [-0.2, 0) is 9.57 Å². The summed E-state index contributed by atoms with van der Waals surface area (Å²) in [5.74, 6) is 0.688. The van der Waals surface area contributed by atoms with E-state index in [1.807, 2.05) is 13.8 Å². The molecule has 2 saturated heterocycles. The van der Waals surface area contributed by atoms with Crippen LogP contribution in [0.5, 0.6) is 0 Å². The van der Waals surface area contributed by atoms with Gasteiger partial charge in [0.25, 0.3) is 0 Å². The summed E-state index contributed by atoms with van der Waals surface area (Å²) >= 11 is 0. The Morgan fingerprint density at radius 1 is 1.64 bits per heavy atom. The van der Waals surface area contributed by atoms with Crippen molar-refractivity contribution in [2.75, 3.05) is 0 Å². The van der Waals surface area contributed by atoms with Crippen LogP contribution in [0.2, 0.25) is 0 Å². The predicted octanol–water partition coefficient (Wildman–Crippen LogP) is 0.0855. The molecule has 0 radical (unpaired) electrons. The number of hydrogen-bond acceptors (Lipinski definition) is 4. The predicted molar refractivity (Wildman–Crippen MR) is 39.2 cm³/mol. The molecule has 0 aliphatic carbocycles. The van der Waals surface area contributed by atoms with E-state index in [1.54, 1.807) is 0 Å². The largest absolute Gasteiger partial charge is 0.491 e. The monoisotopic (exact) mass is 156 g/mol. The molecule has 4 heteroatoms. The molecule has 0 amide bonds. The van der Waals surface area contributed by atoms with Crippen molar-refractivity contribution in [1.82, 2.24) is 11.0 Å². The van der Waals surface area contributed by atoms with Gasteiger partial charge in [0.1, 0.15) is 11.9 Å². The van der Waals surface area contributed by atoms with Crippen LogP contribution in [0.4, 0.5) is 0 Å². The molecule has 0 saturated carbocycles. The van der Waals surface area contributed by atoms with Gasteiger partial charge in [-0.3, -0.25) is 4.84 Å². The molecule has 4 nitrogen and oxygen atoms in total. The lowest BCUT2D eigenvalue weighted by molar-refractivity contribution is -0.0331. The molecule has 2 rings (SSSR count). The van der Waals surface area contributed by atoms with Crippen molar-refractivity contribution in [3.63, 3.8) is 0 Å². The lowest BCUT2D eigenvalue weighted by Crippen LogP contribution is -2.42. The normalized spacial score (nSPS) is 49.1. The second kappa shape index (κ2) is 1.97. The minimum atomic E-state index is -0.403. The average molecular weight is 156 g/mol. The highest BCUT2D eigenvalue weighted by Gasteiger charge is 2.53. The van der Waals surface area contributed by atoms with Crippen molar-refractivity contribution in [1.29, 1.82) is 0 Å². The molecule has 2 aliphatic rings. The van der Waals surface area contributed by atoms with Gasteiger partial charge in [-0.05, 0) is 13.8 Å². The van der Waals surface area contributed by atoms with Gasteiger partial charge in [0.15, 0.2) is 5.60 Å². The maximum absolute atomic E-state index is 5.41. The SMILES string of the molecule is C=C1OC(C)C2NNOC12C. The lowest BCUT2D eigenvalue weighted by atomic mass is 9.96. The highest BCUT2D eigenvalue weighted by atomic mass is 16.7. The van der Waals surface area contributed by atoms with Crippen LogP contribution < -0.4 is 11.0 Å². The van der Waals surface area contributed by atoms with Crippen molar-refractivity contribution in [3.05, 3.63) is 12.3 Å². The summed E-state index contributed by atoms with van der Waals surface area (Å²) in [6, 6.07) is 0.162. The first-order valence-electron chi connectivity index (χ1n) is 3.69. The molecular weight excluding hydrogens is 144 g/mol. The second-order valence-corrected chi connectivity index (χ2v) is 3.18. The fourth-order valence-corrected chi connectivity index (χ4v) is 1.61. The van der Waals surface area contributed by atoms with Crippen LogP contribution in [-0.4, -0.2) is 17.7 Å². The summed E-state index contributed by atoms with van der Waals surface area (Å²) in [5.41, 5.74) is 5.21. The van der Waals surface area contributed by atoms with Crippen molar-refractivity contribution < 1.29 is 9.57 Å². The Hall–Kier alpha value is -0.580. The molecule has 2 aliphatic heterocycles. The molecular formula is C7H12N2O2. The Bertz CT molecular complexity index is 207. The van der Waals surface area contributed by atoms with E-state index >= 15 is 0 Å². The Morgan fingerprint density at radius 3 is 3.00 bits per heavy atom. The topological polar surface area (TPSA) is 42.5 Å². The van der Waals surface area contributed by atoms with Crippen molar-refractivity contribution in [3.8, 4) is 0 Å². The molecule has 2 heterocycles. The maximum Gasteiger partial charge on any atom is 0.165 e. The summed E-state index contributed by atoms with van der Waals surface area (Å²) in [7, 11) is 0. The average Bonchev–Trinajstić information content (AvgIpc) is 2.39. The molecule has 0 bridgehead atoms. The fraction of sp³-hybridized carbons (Fsp3) is 0.714. The summed E-state index contributed by atoms with van der Waals surface area (Å²) in [4.78, 5) is 5.26. The van der Waals surface area contributed by atoms with Crippen LogP contribution in [0, 0.1) is 0 Å².